The number of carbonyl (C=O) groups excluding carboxylic acids is 1. The SMILES string of the molecule is Cc1cccc(NC(=O)CC2OCCc3ccccc32)n1. The quantitative estimate of drug-likeness (QED) is 0.941. The molecule has 1 aromatic carbocycles. The van der Waals surface area contributed by atoms with Crippen LogP contribution in [0.15, 0.2) is 42.5 Å². The van der Waals surface area contributed by atoms with E-state index in [1.54, 1.807) is 6.07 Å². The second-order valence-electron chi connectivity index (χ2n) is 5.22. The molecule has 1 unspecified atom stereocenters. The summed E-state index contributed by atoms with van der Waals surface area (Å²) in [4.78, 5) is 16.4. The van der Waals surface area contributed by atoms with E-state index in [1.807, 2.05) is 37.3 Å². The number of fused-ring (bicyclic) bond motifs is 1. The average molecular weight is 282 g/mol. The summed E-state index contributed by atoms with van der Waals surface area (Å²) in [7, 11) is 0. The molecule has 1 aliphatic rings. The Labute approximate surface area is 124 Å². The average Bonchev–Trinajstić information content (AvgIpc) is 2.47. The maximum atomic E-state index is 12.2. The Hall–Kier alpha value is -2.20. The molecule has 108 valence electrons. The van der Waals surface area contributed by atoms with Crippen LogP contribution in [0.2, 0.25) is 0 Å². The van der Waals surface area contributed by atoms with Gasteiger partial charge in [-0.15, -0.1) is 0 Å². The number of nitrogens with one attached hydrogen (secondary N) is 1. The van der Waals surface area contributed by atoms with Gasteiger partial charge in [-0.25, -0.2) is 4.98 Å². The monoisotopic (exact) mass is 282 g/mol. The van der Waals surface area contributed by atoms with Crippen LogP contribution in [0.4, 0.5) is 5.82 Å². The van der Waals surface area contributed by atoms with Gasteiger partial charge in [0.1, 0.15) is 5.82 Å². The standard InChI is InChI=1S/C17H18N2O2/c1-12-5-4-8-16(18-12)19-17(20)11-15-14-7-3-2-6-13(14)9-10-21-15/h2-8,15H,9-11H2,1H3,(H,18,19,20). The zero-order valence-corrected chi connectivity index (χ0v) is 12.0. The Bertz CT molecular complexity index is 655. The summed E-state index contributed by atoms with van der Waals surface area (Å²) in [5.74, 6) is 0.513. The van der Waals surface area contributed by atoms with Crippen molar-refractivity contribution in [2.24, 2.45) is 0 Å². The molecule has 1 atom stereocenters. The molecular formula is C17H18N2O2. The van der Waals surface area contributed by atoms with Crippen molar-refractivity contribution >= 4 is 11.7 Å². The van der Waals surface area contributed by atoms with Crippen LogP contribution in [0.5, 0.6) is 0 Å². The number of carbonyl (C=O) groups is 1. The molecule has 1 amide bonds. The van der Waals surface area contributed by atoms with Crippen LogP contribution < -0.4 is 5.32 Å². The molecule has 0 radical (unpaired) electrons. The van der Waals surface area contributed by atoms with Gasteiger partial charge in [-0.2, -0.15) is 0 Å². The fourth-order valence-corrected chi connectivity index (χ4v) is 2.62. The highest BCUT2D eigenvalue weighted by molar-refractivity contribution is 5.90. The van der Waals surface area contributed by atoms with E-state index >= 15 is 0 Å². The van der Waals surface area contributed by atoms with Crippen molar-refractivity contribution in [1.29, 1.82) is 0 Å². The van der Waals surface area contributed by atoms with Crippen molar-refractivity contribution in [1.82, 2.24) is 4.98 Å². The fraction of sp³-hybridized carbons (Fsp3) is 0.294. The van der Waals surface area contributed by atoms with E-state index in [-0.39, 0.29) is 12.0 Å². The number of benzene rings is 1. The van der Waals surface area contributed by atoms with Crippen molar-refractivity contribution in [3.8, 4) is 0 Å². The van der Waals surface area contributed by atoms with Crippen LogP contribution in [0.1, 0.15) is 29.3 Å². The first-order valence-electron chi connectivity index (χ1n) is 7.15. The summed E-state index contributed by atoms with van der Waals surface area (Å²) in [5.41, 5.74) is 3.28. The Morgan fingerprint density at radius 3 is 3.00 bits per heavy atom. The first-order chi connectivity index (χ1) is 10.2. The third kappa shape index (κ3) is 3.28. The van der Waals surface area contributed by atoms with Crippen LogP contribution in [-0.2, 0) is 16.0 Å². The molecule has 1 aliphatic heterocycles. The fourth-order valence-electron chi connectivity index (χ4n) is 2.62. The van der Waals surface area contributed by atoms with Crippen molar-refractivity contribution in [3.63, 3.8) is 0 Å². The summed E-state index contributed by atoms with van der Waals surface area (Å²) in [6.07, 6.45) is 1.06. The molecule has 0 bridgehead atoms. The molecule has 2 aromatic rings. The summed E-state index contributed by atoms with van der Waals surface area (Å²) in [6.45, 7) is 2.56. The number of anilines is 1. The zero-order valence-electron chi connectivity index (χ0n) is 12.0. The molecule has 3 rings (SSSR count). The largest absolute Gasteiger partial charge is 0.373 e. The van der Waals surface area contributed by atoms with Crippen molar-refractivity contribution in [2.45, 2.75) is 25.9 Å². The lowest BCUT2D eigenvalue weighted by Crippen LogP contribution is -2.22. The summed E-state index contributed by atoms with van der Waals surface area (Å²) in [6, 6.07) is 13.7. The maximum Gasteiger partial charge on any atom is 0.228 e. The van der Waals surface area contributed by atoms with E-state index in [0.29, 0.717) is 18.8 Å². The van der Waals surface area contributed by atoms with E-state index in [2.05, 4.69) is 16.4 Å². The maximum absolute atomic E-state index is 12.2. The van der Waals surface area contributed by atoms with E-state index in [9.17, 15) is 4.79 Å². The van der Waals surface area contributed by atoms with Crippen LogP contribution in [0, 0.1) is 6.92 Å². The number of pyridine rings is 1. The number of amides is 1. The van der Waals surface area contributed by atoms with E-state index in [4.69, 9.17) is 4.74 Å². The summed E-state index contributed by atoms with van der Waals surface area (Å²) >= 11 is 0. The second-order valence-corrected chi connectivity index (χ2v) is 5.22. The predicted molar refractivity (Wildman–Crippen MR) is 81.1 cm³/mol. The van der Waals surface area contributed by atoms with E-state index in [0.717, 1.165) is 17.7 Å². The highest BCUT2D eigenvalue weighted by Gasteiger charge is 2.23. The number of rotatable bonds is 3. The summed E-state index contributed by atoms with van der Waals surface area (Å²) < 4.78 is 5.76. The molecule has 1 N–H and O–H groups in total. The molecule has 0 spiro atoms. The molecule has 2 heterocycles. The van der Waals surface area contributed by atoms with Gasteiger partial charge in [0.05, 0.1) is 19.1 Å². The minimum absolute atomic E-state index is 0.0743. The summed E-state index contributed by atoms with van der Waals surface area (Å²) in [5, 5.41) is 2.83. The molecule has 0 saturated carbocycles. The van der Waals surface area contributed by atoms with Crippen molar-refractivity contribution < 1.29 is 9.53 Å². The number of aryl methyl sites for hydroxylation is 1. The molecule has 4 nitrogen and oxygen atoms in total. The van der Waals surface area contributed by atoms with Crippen LogP contribution >= 0.6 is 0 Å². The lowest BCUT2D eigenvalue weighted by Gasteiger charge is -2.25. The molecule has 21 heavy (non-hydrogen) atoms. The zero-order chi connectivity index (χ0) is 14.7. The molecule has 0 saturated heterocycles. The highest BCUT2D eigenvalue weighted by Crippen LogP contribution is 2.29. The first-order valence-corrected chi connectivity index (χ1v) is 7.15. The third-order valence-electron chi connectivity index (χ3n) is 3.62. The van der Waals surface area contributed by atoms with Gasteiger partial charge in [-0.3, -0.25) is 4.79 Å². The lowest BCUT2D eigenvalue weighted by atomic mass is 9.95. The number of aromatic nitrogens is 1. The molecule has 0 fully saturated rings. The van der Waals surface area contributed by atoms with Gasteiger partial charge >= 0.3 is 0 Å². The van der Waals surface area contributed by atoms with Crippen molar-refractivity contribution in [3.05, 3.63) is 59.3 Å². The second kappa shape index (κ2) is 6.06. The minimum atomic E-state index is -0.167. The third-order valence-corrected chi connectivity index (χ3v) is 3.62. The number of ether oxygens (including phenoxy) is 1. The minimum Gasteiger partial charge on any atom is -0.373 e. The predicted octanol–water partition coefficient (Wildman–Crippen LogP) is 3.03. The normalized spacial score (nSPS) is 17.1. The van der Waals surface area contributed by atoms with Crippen LogP contribution in [0.25, 0.3) is 0 Å². The van der Waals surface area contributed by atoms with Gasteiger partial charge in [0.2, 0.25) is 5.91 Å². The lowest BCUT2D eigenvalue weighted by molar-refractivity contribution is -0.119. The molecule has 1 aromatic heterocycles. The van der Waals surface area contributed by atoms with E-state index in [1.165, 1.54) is 5.56 Å². The van der Waals surface area contributed by atoms with Gasteiger partial charge in [-0.05, 0) is 36.6 Å². The van der Waals surface area contributed by atoms with Crippen LogP contribution in [-0.4, -0.2) is 17.5 Å². The Morgan fingerprint density at radius 1 is 1.29 bits per heavy atom. The van der Waals surface area contributed by atoms with Crippen LogP contribution in [0.3, 0.4) is 0 Å². The van der Waals surface area contributed by atoms with Crippen molar-refractivity contribution in [2.75, 3.05) is 11.9 Å². The van der Waals surface area contributed by atoms with Gasteiger partial charge in [0.25, 0.3) is 0 Å². The highest BCUT2D eigenvalue weighted by atomic mass is 16.5. The topological polar surface area (TPSA) is 51.2 Å². The number of nitrogens with zero attached hydrogens (tertiary/aromatic N) is 1. The molecule has 4 heteroatoms. The molecule has 0 aliphatic carbocycles. The Morgan fingerprint density at radius 2 is 2.14 bits per heavy atom. The van der Waals surface area contributed by atoms with Gasteiger partial charge in [-0.1, -0.05) is 30.3 Å². The molecular weight excluding hydrogens is 264 g/mol. The van der Waals surface area contributed by atoms with Gasteiger partial charge < -0.3 is 10.1 Å². The first kappa shape index (κ1) is 13.8. The van der Waals surface area contributed by atoms with Gasteiger partial charge in [0, 0.05) is 5.69 Å². The smallest absolute Gasteiger partial charge is 0.228 e. The Balaban J connectivity index is 1.68. The number of hydrogen-bond donors (Lipinski definition) is 1. The van der Waals surface area contributed by atoms with E-state index < -0.39 is 0 Å². The number of hydrogen-bond acceptors (Lipinski definition) is 3. The Kier molecular flexibility index (Phi) is 3.97. The van der Waals surface area contributed by atoms with Gasteiger partial charge in [0.15, 0.2) is 0 Å².